The van der Waals surface area contributed by atoms with E-state index in [1.165, 1.54) is 0 Å². The Morgan fingerprint density at radius 2 is 2.20 bits per heavy atom. The van der Waals surface area contributed by atoms with Gasteiger partial charge in [-0.05, 0) is 25.1 Å². The largest absolute Gasteiger partial charge is 0.435 e. The van der Waals surface area contributed by atoms with Crippen molar-refractivity contribution in [2.24, 2.45) is 0 Å². The lowest BCUT2D eigenvalue weighted by atomic mass is 10.3. The Morgan fingerprint density at radius 1 is 1.40 bits per heavy atom. The van der Waals surface area contributed by atoms with Gasteiger partial charge in [0.1, 0.15) is 0 Å². The highest BCUT2D eigenvalue weighted by Crippen LogP contribution is 2.28. The molecule has 0 radical (unpaired) electrons. The van der Waals surface area contributed by atoms with Crippen molar-refractivity contribution in [3.63, 3.8) is 0 Å². The van der Waals surface area contributed by atoms with E-state index in [0.29, 0.717) is 17.3 Å². The first-order chi connectivity index (χ1) is 7.15. The topological polar surface area (TPSA) is 63.9 Å². The number of aryl methyl sites for hydroxylation is 1. The van der Waals surface area contributed by atoms with Crippen LogP contribution in [0.2, 0.25) is 0 Å². The number of ether oxygens (including phenoxy) is 1. The monoisotopic (exact) mass is 267 g/mol. The van der Waals surface area contributed by atoms with Crippen LogP contribution in [0.15, 0.2) is 28.7 Å². The summed E-state index contributed by atoms with van der Waals surface area (Å²) in [6.07, 6.45) is 0. The molecule has 3 N–H and O–H groups in total. The zero-order valence-corrected chi connectivity index (χ0v) is 9.71. The highest BCUT2D eigenvalue weighted by Gasteiger charge is 2.04. The van der Waals surface area contributed by atoms with Gasteiger partial charge in [-0.15, -0.1) is 5.10 Å². The van der Waals surface area contributed by atoms with Gasteiger partial charge >= 0.3 is 0 Å². The van der Waals surface area contributed by atoms with Gasteiger partial charge in [0.25, 0.3) is 0 Å². The molecule has 0 bridgehead atoms. The molecule has 15 heavy (non-hydrogen) atoms. The SMILES string of the molecule is Cc1cc(Oc2ccc(Br)cc2N)n[nH]1. The summed E-state index contributed by atoms with van der Waals surface area (Å²) in [5, 5.41) is 6.75. The fourth-order valence-corrected chi connectivity index (χ4v) is 1.55. The van der Waals surface area contributed by atoms with Crippen LogP contribution in [0.3, 0.4) is 0 Å². The van der Waals surface area contributed by atoms with Crippen LogP contribution in [0.1, 0.15) is 5.69 Å². The quantitative estimate of drug-likeness (QED) is 0.823. The Labute approximate surface area is 95.6 Å². The van der Waals surface area contributed by atoms with E-state index in [4.69, 9.17) is 10.5 Å². The number of anilines is 1. The number of aromatic nitrogens is 2. The van der Waals surface area contributed by atoms with Gasteiger partial charge in [-0.1, -0.05) is 15.9 Å². The summed E-state index contributed by atoms with van der Waals surface area (Å²) in [7, 11) is 0. The van der Waals surface area contributed by atoms with E-state index in [-0.39, 0.29) is 0 Å². The normalized spacial score (nSPS) is 10.3. The van der Waals surface area contributed by atoms with Crippen molar-refractivity contribution in [2.75, 3.05) is 5.73 Å². The molecule has 0 aliphatic carbocycles. The van der Waals surface area contributed by atoms with Crippen LogP contribution in [0.5, 0.6) is 11.6 Å². The maximum Gasteiger partial charge on any atom is 0.238 e. The van der Waals surface area contributed by atoms with Crippen LogP contribution in [-0.4, -0.2) is 10.2 Å². The van der Waals surface area contributed by atoms with Crippen molar-refractivity contribution in [1.82, 2.24) is 10.2 Å². The molecule has 0 aliphatic heterocycles. The predicted octanol–water partition coefficient (Wildman–Crippen LogP) is 2.86. The molecule has 1 aromatic carbocycles. The molecule has 4 nitrogen and oxygen atoms in total. The lowest BCUT2D eigenvalue weighted by molar-refractivity contribution is 0.464. The molecule has 0 aliphatic rings. The fourth-order valence-electron chi connectivity index (χ4n) is 1.17. The van der Waals surface area contributed by atoms with Gasteiger partial charge in [-0.25, -0.2) is 0 Å². The van der Waals surface area contributed by atoms with E-state index < -0.39 is 0 Å². The number of benzene rings is 1. The Hall–Kier alpha value is -1.49. The van der Waals surface area contributed by atoms with E-state index in [9.17, 15) is 0 Å². The number of H-pyrrole nitrogens is 1. The van der Waals surface area contributed by atoms with Crippen LogP contribution in [0.4, 0.5) is 5.69 Å². The summed E-state index contributed by atoms with van der Waals surface area (Å²) in [5.74, 6) is 1.12. The number of rotatable bonds is 2. The molecular weight excluding hydrogens is 258 g/mol. The lowest BCUT2D eigenvalue weighted by Gasteiger charge is -2.05. The molecule has 0 spiro atoms. The molecule has 2 rings (SSSR count). The van der Waals surface area contributed by atoms with Crippen molar-refractivity contribution in [2.45, 2.75) is 6.92 Å². The second-order valence-corrected chi connectivity index (χ2v) is 4.09. The second-order valence-electron chi connectivity index (χ2n) is 3.17. The minimum atomic E-state index is 0.515. The molecule has 78 valence electrons. The van der Waals surface area contributed by atoms with Gasteiger partial charge in [0.05, 0.1) is 5.69 Å². The molecule has 2 aromatic rings. The molecule has 0 amide bonds. The van der Waals surface area contributed by atoms with E-state index >= 15 is 0 Å². The molecule has 0 saturated carbocycles. The first kappa shape index (κ1) is 10.0. The Bertz CT molecular complexity index is 481. The maximum absolute atomic E-state index is 5.78. The van der Waals surface area contributed by atoms with Crippen molar-refractivity contribution in [1.29, 1.82) is 0 Å². The third kappa shape index (κ3) is 2.30. The molecule has 0 unspecified atom stereocenters. The summed E-state index contributed by atoms with van der Waals surface area (Å²) in [4.78, 5) is 0. The van der Waals surface area contributed by atoms with Crippen molar-refractivity contribution >= 4 is 21.6 Å². The first-order valence-corrected chi connectivity index (χ1v) is 5.19. The van der Waals surface area contributed by atoms with Gasteiger partial charge in [-0.2, -0.15) is 0 Å². The number of hydrogen-bond acceptors (Lipinski definition) is 3. The van der Waals surface area contributed by atoms with Crippen molar-refractivity contribution < 1.29 is 4.74 Å². The van der Waals surface area contributed by atoms with E-state index in [2.05, 4.69) is 26.1 Å². The molecule has 0 saturated heterocycles. The molecule has 1 aromatic heterocycles. The second kappa shape index (κ2) is 3.94. The minimum absolute atomic E-state index is 0.515. The third-order valence-corrected chi connectivity index (χ3v) is 2.36. The Balaban J connectivity index is 2.24. The highest BCUT2D eigenvalue weighted by molar-refractivity contribution is 9.10. The number of hydrogen-bond donors (Lipinski definition) is 2. The van der Waals surface area contributed by atoms with Gasteiger partial charge < -0.3 is 10.5 Å². The summed E-state index contributed by atoms with van der Waals surface area (Å²) in [6.45, 7) is 1.91. The lowest BCUT2D eigenvalue weighted by Crippen LogP contribution is -1.91. The number of aromatic amines is 1. The average molecular weight is 268 g/mol. The maximum atomic E-state index is 5.78. The number of halogens is 1. The zero-order chi connectivity index (χ0) is 10.8. The van der Waals surface area contributed by atoms with Gasteiger partial charge in [0.15, 0.2) is 5.75 Å². The number of nitrogens with zero attached hydrogens (tertiary/aromatic N) is 1. The molecule has 0 atom stereocenters. The summed E-state index contributed by atoms with van der Waals surface area (Å²) < 4.78 is 6.42. The van der Waals surface area contributed by atoms with Gasteiger partial charge in [-0.3, -0.25) is 5.10 Å². The van der Waals surface area contributed by atoms with E-state index in [0.717, 1.165) is 10.2 Å². The molecule has 1 heterocycles. The minimum Gasteiger partial charge on any atom is -0.435 e. The number of nitrogen functional groups attached to an aromatic ring is 1. The van der Waals surface area contributed by atoms with E-state index in [1.807, 2.05) is 19.1 Å². The predicted molar refractivity (Wildman–Crippen MR) is 62.0 cm³/mol. The average Bonchev–Trinajstić information content (AvgIpc) is 2.56. The number of nitrogens with one attached hydrogen (secondary N) is 1. The molecule has 5 heteroatoms. The van der Waals surface area contributed by atoms with Crippen LogP contribution in [0, 0.1) is 6.92 Å². The van der Waals surface area contributed by atoms with Crippen LogP contribution in [-0.2, 0) is 0 Å². The molecule has 0 fully saturated rings. The van der Waals surface area contributed by atoms with Gasteiger partial charge in [0, 0.05) is 16.2 Å². The highest BCUT2D eigenvalue weighted by atomic mass is 79.9. The number of nitrogens with two attached hydrogens (primary N) is 1. The van der Waals surface area contributed by atoms with Gasteiger partial charge in [0.2, 0.25) is 5.88 Å². The van der Waals surface area contributed by atoms with Crippen LogP contribution in [0.25, 0.3) is 0 Å². The summed E-state index contributed by atoms with van der Waals surface area (Å²) in [6, 6.07) is 7.25. The third-order valence-electron chi connectivity index (χ3n) is 1.87. The van der Waals surface area contributed by atoms with E-state index in [1.54, 1.807) is 12.1 Å². The first-order valence-electron chi connectivity index (χ1n) is 4.40. The summed E-state index contributed by atoms with van der Waals surface area (Å²) >= 11 is 3.33. The van der Waals surface area contributed by atoms with Crippen molar-refractivity contribution in [3.8, 4) is 11.6 Å². The standard InChI is InChI=1S/C10H10BrN3O/c1-6-4-10(14-13-6)15-9-3-2-7(11)5-8(9)12/h2-5H,12H2,1H3,(H,13,14). The Kier molecular flexibility index (Phi) is 2.64. The molecular formula is C10H10BrN3O. The fraction of sp³-hybridized carbons (Fsp3) is 0.100. The smallest absolute Gasteiger partial charge is 0.238 e. The zero-order valence-electron chi connectivity index (χ0n) is 8.12. The van der Waals surface area contributed by atoms with Crippen LogP contribution >= 0.6 is 15.9 Å². The van der Waals surface area contributed by atoms with Crippen LogP contribution < -0.4 is 10.5 Å². The summed E-state index contributed by atoms with van der Waals surface area (Å²) in [5.41, 5.74) is 7.30. The van der Waals surface area contributed by atoms with Crippen molar-refractivity contribution in [3.05, 3.63) is 34.4 Å². The Morgan fingerprint density at radius 3 is 2.80 bits per heavy atom.